The lowest BCUT2D eigenvalue weighted by Gasteiger charge is -2.15. The second-order valence-electron chi connectivity index (χ2n) is 5.45. The number of phenolic OH excluding ortho intramolecular Hbond substituents is 2. The molecular formula is C19H22O3. The van der Waals surface area contributed by atoms with E-state index in [-0.39, 0.29) is 22.8 Å². The molecule has 0 radical (unpaired) electrons. The molecular weight excluding hydrogens is 276 g/mol. The van der Waals surface area contributed by atoms with Gasteiger partial charge in [0.1, 0.15) is 0 Å². The molecule has 0 bridgehead atoms. The summed E-state index contributed by atoms with van der Waals surface area (Å²) in [7, 11) is 0. The molecule has 3 nitrogen and oxygen atoms in total. The van der Waals surface area contributed by atoms with Crippen LogP contribution < -0.4 is 0 Å². The lowest BCUT2D eigenvalue weighted by Crippen LogP contribution is -2.05. The van der Waals surface area contributed by atoms with E-state index >= 15 is 0 Å². The Morgan fingerprint density at radius 1 is 0.955 bits per heavy atom. The third kappa shape index (κ3) is 3.14. The van der Waals surface area contributed by atoms with Crippen LogP contribution in [0.3, 0.4) is 0 Å². The molecule has 0 aliphatic carbocycles. The summed E-state index contributed by atoms with van der Waals surface area (Å²) in [6, 6.07) is 10.5. The number of hydrogen-bond donors (Lipinski definition) is 2. The smallest absolute Gasteiger partial charge is 0.196 e. The quantitative estimate of drug-likeness (QED) is 0.619. The molecule has 0 fully saturated rings. The predicted molar refractivity (Wildman–Crippen MR) is 87.6 cm³/mol. The molecule has 2 rings (SSSR count). The molecule has 116 valence electrons. The summed E-state index contributed by atoms with van der Waals surface area (Å²) in [5.41, 5.74) is 2.38. The van der Waals surface area contributed by atoms with Crippen LogP contribution in [-0.2, 0) is 12.8 Å². The highest BCUT2D eigenvalue weighted by atomic mass is 16.3. The molecule has 0 saturated carbocycles. The van der Waals surface area contributed by atoms with E-state index in [0.717, 1.165) is 30.4 Å². The number of benzene rings is 2. The molecule has 2 aromatic rings. The molecule has 0 saturated heterocycles. The van der Waals surface area contributed by atoms with Gasteiger partial charge in [0.25, 0.3) is 0 Å². The Morgan fingerprint density at radius 3 is 2.18 bits per heavy atom. The lowest BCUT2D eigenvalue weighted by molar-refractivity contribution is 0.103. The zero-order valence-corrected chi connectivity index (χ0v) is 13.1. The van der Waals surface area contributed by atoms with E-state index in [9.17, 15) is 15.0 Å². The number of rotatable bonds is 6. The molecule has 0 heterocycles. The average Bonchev–Trinajstić information content (AvgIpc) is 2.54. The number of carbonyl (C=O) groups is 1. The summed E-state index contributed by atoms with van der Waals surface area (Å²) in [6.07, 6.45) is 3.25. The zero-order chi connectivity index (χ0) is 16.1. The number of aromatic hydroxyl groups is 2. The first-order valence-corrected chi connectivity index (χ1v) is 7.76. The number of ketones is 1. The van der Waals surface area contributed by atoms with Crippen molar-refractivity contribution in [1.82, 2.24) is 0 Å². The van der Waals surface area contributed by atoms with Gasteiger partial charge in [-0.3, -0.25) is 4.79 Å². The van der Waals surface area contributed by atoms with Crippen molar-refractivity contribution < 1.29 is 15.0 Å². The Balaban J connectivity index is 2.55. The normalized spacial score (nSPS) is 10.6. The van der Waals surface area contributed by atoms with Gasteiger partial charge in [-0.2, -0.15) is 0 Å². The Hall–Kier alpha value is -2.29. The van der Waals surface area contributed by atoms with E-state index in [0.29, 0.717) is 12.0 Å². The minimum absolute atomic E-state index is 0.146. The van der Waals surface area contributed by atoms with Crippen molar-refractivity contribution >= 4 is 5.78 Å². The third-order valence-electron chi connectivity index (χ3n) is 3.77. The van der Waals surface area contributed by atoms with Crippen LogP contribution in [-0.4, -0.2) is 16.0 Å². The molecule has 0 unspecified atom stereocenters. The van der Waals surface area contributed by atoms with Gasteiger partial charge >= 0.3 is 0 Å². The molecule has 0 amide bonds. The van der Waals surface area contributed by atoms with E-state index < -0.39 is 0 Å². The first-order chi connectivity index (χ1) is 10.6. The van der Waals surface area contributed by atoms with Crippen molar-refractivity contribution in [2.75, 3.05) is 0 Å². The van der Waals surface area contributed by atoms with Crippen LogP contribution >= 0.6 is 0 Å². The SMILES string of the molecule is CCCc1cc(C(=O)c2ccccc2)c(O)c(O)c1CCC. The summed E-state index contributed by atoms with van der Waals surface area (Å²) in [5.74, 6) is -0.724. The fourth-order valence-corrected chi connectivity index (χ4v) is 2.69. The highest BCUT2D eigenvalue weighted by Gasteiger charge is 2.21. The van der Waals surface area contributed by atoms with Crippen LogP contribution in [0.2, 0.25) is 0 Å². The summed E-state index contributed by atoms with van der Waals surface area (Å²) >= 11 is 0. The van der Waals surface area contributed by atoms with Crippen LogP contribution in [0.5, 0.6) is 11.5 Å². The summed E-state index contributed by atoms with van der Waals surface area (Å²) in [5, 5.41) is 20.6. The topological polar surface area (TPSA) is 57.5 Å². The first kappa shape index (κ1) is 16.1. The summed E-state index contributed by atoms with van der Waals surface area (Å²) in [4.78, 5) is 12.6. The third-order valence-corrected chi connectivity index (χ3v) is 3.77. The van der Waals surface area contributed by atoms with Crippen molar-refractivity contribution in [2.45, 2.75) is 39.5 Å². The largest absolute Gasteiger partial charge is 0.504 e. The van der Waals surface area contributed by atoms with Crippen LogP contribution in [0, 0.1) is 0 Å². The summed E-state index contributed by atoms with van der Waals surface area (Å²) in [6.45, 7) is 4.08. The van der Waals surface area contributed by atoms with Gasteiger partial charge in [0, 0.05) is 11.1 Å². The van der Waals surface area contributed by atoms with E-state index in [1.807, 2.05) is 13.0 Å². The molecule has 0 atom stereocenters. The minimum atomic E-state index is -0.308. The molecule has 0 aliphatic heterocycles. The number of hydrogen-bond acceptors (Lipinski definition) is 3. The Morgan fingerprint density at radius 2 is 1.59 bits per heavy atom. The average molecular weight is 298 g/mol. The number of phenols is 2. The monoisotopic (exact) mass is 298 g/mol. The van der Waals surface area contributed by atoms with Crippen molar-refractivity contribution in [3.63, 3.8) is 0 Å². The van der Waals surface area contributed by atoms with E-state index in [1.165, 1.54) is 0 Å². The molecule has 0 aliphatic rings. The minimum Gasteiger partial charge on any atom is -0.504 e. The number of aryl methyl sites for hydroxylation is 1. The van der Waals surface area contributed by atoms with E-state index in [4.69, 9.17) is 0 Å². The number of carbonyl (C=O) groups excluding carboxylic acids is 1. The molecule has 22 heavy (non-hydrogen) atoms. The molecule has 0 aromatic heterocycles. The second kappa shape index (κ2) is 7.12. The molecule has 3 heteroatoms. The van der Waals surface area contributed by atoms with Crippen LogP contribution in [0.4, 0.5) is 0 Å². The highest BCUT2D eigenvalue weighted by molar-refractivity contribution is 6.11. The zero-order valence-electron chi connectivity index (χ0n) is 13.1. The van der Waals surface area contributed by atoms with Crippen LogP contribution in [0.1, 0.15) is 53.7 Å². The summed E-state index contributed by atoms with van der Waals surface area (Å²) < 4.78 is 0. The first-order valence-electron chi connectivity index (χ1n) is 7.76. The van der Waals surface area contributed by atoms with Crippen LogP contribution in [0.25, 0.3) is 0 Å². The lowest BCUT2D eigenvalue weighted by atomic mass is 9.92. The van der Waals surface area contributed by atoms with Gasteiger partial charge in [-0.1, -0.05) is 57.0 Å². The van der Waals surface area contributed by atoms with Gasteiger partial charge in [0.15, 0.2) is 17.3 Å². The van der Waals surface area contributed by atoms with E-state index in [2.05, 4.69) is 6.92 Å². The fourth-order valence-electron chi connectivity index (χ4n) is 2.69. The van der Waals surface area contributed by atoms with Gasteiger partial charge in [0.2, 0.25) is 0 Å². The van der Waals surface area contributed by atoms with Gasteiger partial charge in [-0.15, -0.1) is 0 Å². The standard InChI is InChI=1S/C19H22O3/c1-3-8-14-12-16(17(20)13-10-6-5-7-11-13)19(22)18(21)15(14)9-4-2/h5-7,10-12,21-22H,3-4,8-9H2,1-2H3. The van der Waals surface area contributed by atoms with Crippen molar-refractivity contribution in [2.24, 2.45) is 0 Å². The van der Waals surface area contributed by atoms with Gasteiger partial charge < -0.3 is 10.2 Å². The van der Waals surface area contributed by atoms with Crippen LogP contribution in [0.15, 0.2) is 36.4 Å². The second-order valence-corrected chi connectivity index (χ2v) is 5.45. The Kier molecular flexibility index (Phi) is 5.21. The van der Waals surface area contributed by atoms with Gasteiger partial charge in [-0.25, -0.2) is 0 Å². The Labute approximate surface area is 131 Å². The molecule has 0 spiro atoms. The highest BCUT2D eigenvalue weighted by Crippen LogP contribution is 2.37. The van der Waals surface area contributed by atoms with Gasteiger partial charge in [-0.05, 0) is 24.5 Å². The van der Waals surface area contributed by atoms with Gasteiger partial charge in [0.05, 0.1) is 5.56 Å². The Bertz CT molecular complexity index is 660. The maximum atomic E-state index is 12.6. The predicted octanol–water partition coefficient (Wildman–Crippen LogP) is 4.23. The van der Waals surface area contributed by atoms with Crippen molar-refractivity contribution in [1.29, 1.82) is 0 Å². The molecule has 2 N–H and O–H groups in total. The van der Waals surface area contributed by atoms with Crippen molar-refractivity contribution in [3.05, 3.63) is 58.7 Å². The fraction of sp³-hybridized carbons (Fsp3) is 0.316. The van der Waals surface area contributed by atoms with E-state index in [1.54, 1.807) is 30.3 Å². The maximum absolute atomic E-state index is 12.6. The van der Waals surface area contributed by atoms with Crippen molar-refractivity contribution in [3.8, 4) is 11.5 Å². The molecule has 2 aromatic carbocycles. The maximum Gasteiger partial charge on any atom is 0.196 e.